The van der Waals surface area contributed by atoms with Gasteiger partial charge in [0.15, 0.2) is 0 Å². The van der Waals surface area contributed by atoms with Crippen LogP contribution in [0.15, 0.2) is 34.9 Å². The van der Waals surface area contributed by atoms with Crippen molar-refractivity contribution in [3.8, 4) is 0 Å². The zero-order valence-electron chi connectivity index (χ0n) is 11.0. The van der Waals surface area contributed by atoms with Crippen LogP contribution in [0.1, 0.15) is 15.9 Å². The van der Waals surface area contributed by atoms with Crippen LogP contribution in [-0.4, -0.2) is 17.9 Å². The van der Waals surface area contributed by atoms with Crippen molar-refractivity contribution >= 4 is 33.3 Å². The Kier molecular flexibility index (Phi) is 4.34. The van der Waals surface area contributed by atoms with E-state index in [0.717, 1.165) is 22.3 Å². The Morgan fingerprint density at radius 2 is 2.10 bits per heavy atom. The molecule has 0 fully saturated rings. The first kappa shape index (κ1) is 14.5. The number of hydrogen-bond acceptors (Lipinski definition) is 3. The van der Waals surface area contributed by atoms with E-state index < -0.39 is 11.7 Å². The Hall–Kier alpha value is -1.95. The lowest BCUT2D eigenvalue weighted by molar-refractivity contribution is 0.102. The van der Waals surface area contributed by atoms with Gasteiger partial charge in [-0.15, -0.1) is 0 Å². The Balaban J connectivity index is 2.30. The van der Waals surface area contributed by atoms with Crippen LogP contribution in [0.2, 0.25) is 0 Å². The fraction of sp³-hybridized carbons (Fsp3) is 0.143. The SMILES string of the molecule is CNc1ncc(F)cc1C(=O)Nc1ccc(C)cc1Br. The van der Waals surface area contributed by atoms with Crippen LogP contribution in [0, 0.1) is 12.7 Å². The molecule has 20 heavy (non-hydrogen) atoms. The lowest BCUT2D eigenvalue weighted by Gasteiger charge is -2.10. The van der Waals surface area contributed by atoms with Crippen molar-refractivity contribution in [1.29, 1.82) is 0 Å². The van der Waals surface area contributed by atoms with Gasteiger partial charge in [-0.3, -0.25) is 4.79 Å². The summed E-state index contributed by atoms with van der Waals surface area (Å²) in [5, 5.41) is 5.49. The molecule has 1 heterocycles. The minimum absolute atomic E-state index is 0.153. The second-order valence-corrected chi connectivity index (χ2v) is 5.09. The molecule has 0 aliphatic carbocycles. The second-order valence-electron chi connectivity index (χ2n) is 4.24. The highest BCUT2D eigenvalue weighted by atomic mass is 79.9. The van der Waals surface area contributed by atoms with Crippen molar-refractivity contribution < 1.29 is 9.18 Å². The van der Waals surface area contributed by atoms with Crippen molar-refractivity contribution in [2.75, 3.05) is 17.7 Å². The standard InChI is InChI=1S/C14H13BrFN3O/c1-8-3-4-12(11(15)5-8)19-14(20)10-6-9(16)7-18-13(10)17-2/h3-7H,1-2H3,(H,17,18)(H,19,20). The summed E-state index contributed by atoms with van der Waals surface area (Å²) < 4.78 is 14.0. The normalized spacial score (nSPS) is 10.2. The fourth-order valence-corrected chi connectivity index (χ4v) is 2.32. The molecule has 0 unspecified atom stereocenters. The highest BCUT2D eigenvalue weighted by Gasteiger charge is 2.14. The molecule has 0 radical (unpaired) electrons. The van der Waals surface area contributed by atoms with Crippen molar-refractivity contribution in [1.82, 2.24) is 4.98 Å². The molecule has 4 nitrogen and oxygen atoms in total. The Morgan fingerprint density at radius 1 is 1.35 bits per heavy atom. The van der Waals surface area contributed by atoms with E-state index in [-0.39, 0.29) is 5.56 Å². The highest BCUT2D eigenvalue weighted by Crippen LogP contribution is 2.24. The van der Waals surface area contributed by atoms with Crippen molar-refractivity contribution in [3.63, 3.8) is 0 Å². The summed E-state index contributed by atoms with van der Waals surface area (Å²) in [6.07, 6.45) is 1.06. The second kappa shape index (κ2) is 6.00. The van der Waals surface area contributed by atoms with Crippen LogP contribution in [0.25, 0.3) is 0 Å². The van der Waals surface area contributed by atoms with Crippen molar-refractivity contribution in [2.24, 2.45) is 0 Å². The van der Waals surface area contributed by atoms with E-state index in [1.807, 2.05) is 19.1 Å². The Labute approximate surface area is 124 Å². The summed E-state index contributed by atoms with van der Waals surface area (Å²) in [7, 11) is 1.62. The molecule has 0 bridgehead atoms. The van der Waals surface area contributed by atoms with Gasteiger partial charge >= 0.3 is 0 Å². The number of aromatic nitrogens is 1. The summed E-state index contributed by atoms with van der Waals surface area (Å²) in [6, 6.07) is 6.70. The molecule has 2 aromatic rings. The van der Waals surface area contributed by atoms with Gasteiger partial charge < -0.3 is 10.6 Å². The van der Waals surface area contributed by atoms with Crippen LogP contribution < -0.4 is 10.6 Å². The molecular formula is C14H13BrFN3O. The molecular weight excluding hydrogens is 325 g/mol. The van der Waals surface area contributed by atoms with Gasteiger partial charge in [-0.2, -0.15) is 0 Å². The zero-order chi connectivity index (χ0) is 14.7. The summed E-state index contributed by atoms with van der Waals surface area (Å²) in [5.41, 5.74) is 1.84. The smallest absolute Gasteiger partial charge is 0.259 e. The van der Waals surface area contributed by atoms with Crippen LogP contribution >= 0.6 is 15.9 Å². The average molecular weight is 338 g/mol. The van der Waals surface area contributed by atoms with Gasteiger partial charge in [0.05, 0.1) is 17.4 Å². The first-order valence-corrected chi connectivity index (χ1v) is 6.71. The number of carbonyl (C=O) groups is 1. The number of halogens is 2. The number of nitrogens with one attached hydrogen (secondary N) is 2. The maximum atomic E-state index is 13.2. The van der Waals surface area contributed by atoms with Gasteiger partial charge in [0, 0.05) is 11.5 Å². The van der Waals surface area contributed by atoms with Crippen LogP contribution in [-0.2, 0) is 0 Å². The van der Waals surface area contributed by atoms with E-state index >= 15 is 0 Å². The van der Waals surface area contributed by atoms with Gasteiger partial charge in [-0.1, -0.05) is 6.07 Å². The molecule has 1 amide bonds. The molecule has 0 atom stereocenters. The molecule has 0 spiro atoms. The minimum atomic E-state index is -0.558. The lowest BCUT2D eigenvalue weighted by atomic mass is 10.2. The minimum Gasteiger partial charge on any atom is -0.372 e. The quantitative estimate of drug-likeness (QED) is 0.899. The third-order valence-corrected chi connectivity index (χ3v) is 3.36. The van der Waals surface area contributed by atoms with Crippen LogP contribution in [0.5, 0.6) is 0 Å². The van der Waals surface area contributed by atoms with Crippen molar-refractivity contribution in [2.45, 2.75) is 6.92 Å². The summed E-state index contributed by atoms with van der Waals surface area (Å²) in [4.78, 5) is 16.0. The van der Waals surface area contributed by atoms with Gasteiger partial charge in [-0.05, 0) is 46.6 Å². The molecule has 1 aromatic carbocycles. The fourth-order valence-electron chi connectivity index (χ4n) is 1.72. The largest absolute Gasteiger partial charge is 0.372 e. The topological polar surface area (TPSA) is 54.0 Å². The van der Waals surface area contributed by atoms with Gasteiger partial charge in [-0.25, -0.2) is 9.37 Å². The highest BCUT2D eigenvalue weighted by molar-refractivity contribution is 9.10. The van der Waals surface area contributed by atoms with Crippen molar-refractivity contribution in [3.05, 3.63) is 51.9 Å². The predicted molar refractivity (Wildman–Crippen MR) is 80.6 cm³/mol. The van der Waals surface area contributed by atoms with E-state index in [1.54, 1.807) is 13.1 Å². The number of benzene rings is 1. The number of carbonyl (C=O) groups excluding carboxylic acids is 1. The third-order valence-electron chi connectivity index (χ3n) is 2.71. The molecule has 6 heteroatoms. The molecule has 0 saturated carbocycles. The Morgan fingerprint density at radius 3 is 2.75 bits per heavy atom. The number of aryl methyl sites for hydroxylation is 1. The number of anilines is 2. The number of nitrogens with zero attached hydrogens (tertiary/aromatic N) is 1. The monoisotopic (exact) mass is 337 g/mol. The maximum Gasteiger partial charge on any atom is 0.259 e. The van der Waals surface area contributed by atoms with E-state index in [0.29, 0.717) is 11.5 Å². The molecule has 2 N–H and O–H groups in total. The van der Waals surface area contributed by atoms with Gasteiger partial charge in [0.2, 0.25) is 0 Å². The molecule has 0 saturated heterocycles. The first-order chi connectivity index (χ1) is 9.51. The number of amides is 1. The zero-order valence-corrected chi connectivity index (χ0v) is 12.6. The molecule has 0 aliphatic rings. The van der Waals surface area contributed by atoms with Crippen LogP contribution in [0.4, 0.5) is 15.9 Å². The Bertz CT molecular complexity index is 661. The first-order valence-electron chi connectivity index (χ1n) is 5.92. The van der Waals surface area contributed by atoms with Crippen LogP contribution in [0.3, 0.4) is 0 Å². The molecule has 2 rings (SSSR count). The number of rotatable bonds is 3. The van der Waals surface area contributed by atoms with E-state index in [9.17, 15) is 9.18 Å². The van der Waals surface area contributed by atoms with E-state index in [4.69, 9.17) is 0 Å². The van der Waals surface area contributed by atoms with E-state index in [2.05, 4.69) is 31.5 Å². The summed E-state index contributed by atoms with van der Waals surface area (Å²) in [5.74, 6) is -0.657. The predicted octanol–water partition coefficient (Wildman–Crippen LogP) is 3.59. The third kappa shape index (κ3) is 3.14. The summed E-state index contributed by atoms with van der Waals surface area (Å²) in [6.45, 7) is 1.95. The number of pyridine rings is 1. The lowest BCUT2D eigenvalue weighted by Crippen LogP contribution is -2.15. The molecule has 0 aliphatic heterocycles. The number of hydrogen-bond donors (Lipinski definition) is 2. The average Bonchev–Trinajstić information content (AvgIpc) is 2.41. The maximum absolute atomic E-state index is 13.2. The van der Waals surface area contributed by atoms with Gasteiger partial charge in [0.1, 0.15) is 11.6 Å². The molecule has 1 aromatic heterocycles. The van der Waals surface area contributed by atoms with E-state index in [1.165, 1.54) is 0 Å². The molecule has 104 valence electrons. The summed E-state index contributed by atoms with van der Waals surface area (Å²) >= 11 is 3.38. The van der Waals surface area contributed by atoms with Gasteiger partial charge in [0.25, 0.3) is 5.91 Å².